The minimum absolute atomic E-state index is 0.0988. The summed E-state index contributed by atoms with van der Waals surface area (Å²) >= 11 is 0. The Kier molecular flexibility index (Phi) is 14.3. The van der Waals surface area contributed by atoms with Gasteiger partial charge in [0.15, 0.2) is 0 Å². The molecule has 0 heterocycles. The summed E-state index contributed by atoms with van der Waals surface area (Å²) in [4.78, 5) is 42.9. The number of rotatable bonds is 16. The van der Waals surface area contributed by atoms with Crippen LogP contribution in [0.1, 0.15) is 98.1 Å². The second-order valence-corrected chi connectivity index (χ2v) is 12.0. The third kappa shape index (κ3) is 11.5. The van der Waals surface area contributed by atoms with Crippen LogP contribution in [-0.4, -0.2) is 53.2 Å². The van der Waals surface area contributed by atoms with Gasteiger partial charge in [0.05, 0.1) is 7.11 Å². The Morgan fingerprint density at radius 1 is 0.930 bits per heavy atom. The Morgan fingerprint density at radius 2 is 1.56 bits per heavy atom. The number of methoxy groups -OCH3 is 1. The molecule has 3 N–H and O–H groups in total. The summed E-state index contributed by atoms with van der Waals surface area (Å²) in [6.45, 7) is 11.5. The number of nitrogens with one attached hydrogen (secondary N) is 2. The smallest absolute Gasteiger partial charge is 0.408 e. The predicted molar refractivity (Wildman–Crippen MR) is 170 cm³/mol. The average Bonchev–Trinajstić information content (AvgIpc) is 2.96. The van der Waals surface area contributed by atoms with Crippen LogP contribution in [-0.2, 0) is 14.3 Å². The molecule has 3 amide bonds. The number of hydrogen-bond acceptors (Lipinski definition) is 6. The molecule has 0 saturated carbocycles. The Hall–Kier alpha value is -3.75. The standard InChI is InChI=1S/C34H51N3O6/c1-8-10-11-12-13-16-23-37(32(40)29(24(3)9-2)36-33(41)43-34(4,5)6)30(27-17-14-15-18-28(27)38)31(39)35-25-19-21-26(42-7)22-20-25/h14-15,17-22,24,29-30,38H,8-13,16,23H2,1-7H3,(H,35,39)(H,36,41). The lowest BCUT2D eigenvalue weighted by Gasteiger charge is -2.36. The van der Waals surface area contributed by atoms with Crippen LogP contribution >= 0.6 is 0 Å². The van der Waals surface area contributed by atoms with Gasteiger partial charge >= 0.3 is 6.09 Å². The number of unbranched alkanes of at least 4 members (excludes halogenated alkanes) is 5. The van der Waals surface area contributed by atoms with Crippen molar-refractivity contribution in [1.29, 1.82) is 0 Å². The highest BCUT2D eigenvalue weighted by Gasteiger charge is 2.39. The fourth-order valence-corrected chi connectivity index (χ4v) is 4.78. The quantitative estimate of drug-likeness (QED) is 0.176. The van der Waals surface area contributed by atoms with Crippen LogP contribution in [0.4, 0.5) is 10.5 Å². The van der Waals surface area contributed by atoms with Crippen molar-refractivity contribution in [2.45, 2.75) is 104 Å². The number of benzene rings is 2. The highest BCUT2D eigenvalue weighted by atomic mass is 16.6. The van der Waals surface area contributed by atoms with Gasteiger partial charge in [0.2, 0.25) is 5.91 Å². The number of alkyl carbamates (subject to hydrolysis) is 1. The SMILES string of the molecule is CCCCCCCCN(C(=O)C(NC(=O)OC(C)(C)C)C(C)CC)C(C(=O)Nc1ccc(OC)cc1)c1ccccc1O. The summed E-state index contributed by atoms with van der Waals surface area (Å²) in [7, 11) is 1.56. The molecule has 0 saturated heterocycles. The third-order valence-electron chi connectivity index (χ3n) is 7.34. The van der Waals surface area contributed by atoms with Crippen LogP contribution in [0.25, 0.3) is 0 Å². The zero-order valence-electron chi connectivity index (χ0n) is 26.9. The Balaban J connectivity index is 2.53. The molecule has 0 aliphatic carbocycles. The molecule has 0 aromatic heterocycles. The van der Waals surface area contributed by atoms with Crippen LogP contribution in [0.3, 0.4) is 0 Å². The second-order valence-electron chi connectivity index (χ2n) is 12.0. The average molecular weight is 598 g/mol. The van der Waals surface area contributed by atoms with Crippen LogP contribution in [0.5, 0.6) is 11.5 Å². The van der Waals surface area contributed by atoms with Gasteiger partial charge in [-0.1, -0.05) is 77.5 Å². The van der Waals surface area contributed by atoms with Crippen molar-refractivity contribution in [2.24, 2.45) is 5.92 Å². The predicted octanol–water partition coefficient (Wildman–Crippen LogP) is 7.21. The van der Waals surface area contributed by atoms with E-state index in [0.717, 1.165) is 32.1 Å². The van der Waals surface area contributed by atoms with E-state index in [0.29, 0.717) is 29.8 Å². The first-order chi connectivity index (χ1) is 20.4. The minimum atomic E-state index is -1.15. The number of hydrogen-bond donors (Lipinski definition) is 3. The van der Waals surface area contributed by atoms with Gasteiger partial charge in [-0.05, 0) is 63.4 Å². The molecule has 3 unspecified atom stereocenters. The highest BCUT2D eigenvalue weighted by molar-refractivity contribution is 5.99. The molecule has 2 rings (SSSR count). The largest absolute Gasteiger partial charge is 0.508 e. The van der Waals surface area contributed by atoms with E-state index in [4.69, 9.17) is 9.47 Å². The van der Waals surface area contributed by atoms with Gasteiger partial charge in [-0.2, -0.15) is 0 Å². The van der Waals surface area contributed by atoms with E-state index in [1.165, 1.54) is 11.0 Å². The molecule has 0 radical (unpaired) electrons. The molecule has 0 aliphatic heterocycles. The lowest BCUT2D eigenvalue weighted by Crippen LogP contribution is -2.55. The van der Waals surface area contributed by atoms with Crippen LogP contribution < -0.4 is 15.4 Å². The molecule has 9 nitrogen and oxygen atoms in total. The lowest BCUT2D eigenvalue weighted by atomic mass is 9.95. The number of nitrogens with zero attached hydrogens (tertiary/aromatic N) is 1. The van der Waals surface area contributed by atoms with Gasteiger partial charge in [0, 0.05) is 17.8 Å². The van der Waals surface area contributed by atoms with Gasteiger partial charge in [-0.25, -0.2) is 4.79 Å². The lowest BCUT2D eigenvalue weighted by molar-refractivity contribution is -0.142. The van der Waals surface area contributed by atoms with E-state index < -0.39 is 35.6 Å². The van der Waals surface area contributed by atoms with Crippen molar-refractivity contribution in [3.63, 3.8) is 0 Å². The number of phenols is 1. The fourth-order valence-electron chi connectivity index (χ4n) is 4.78. The number of ether oxygens (including phenoxy) is 2. The van der Waals surface area contributed by atoms with Gasteiger partial charge in [-0.15, -0.1) is 0 Å². The van der Waals surface area contributed by atoms with E-state index in [-0.39, 0.29) is 18.2 Å². The molecule has 9 heteroatoms. The number of anilines is 1. The number of phenolic OH excluding ortho intramolecular Hbond substituents is 1. The number of para-hydroxylation sites is 1. The summed E-state index contributed by atoms with van der Waals surface area (Å²) in [5.74, 6) is -0.599. The van der Waals surface area contributed by atoms with Crippen molar-refractivity contribution in [1.82, 2.24) is 10.2 Å². The molecule has 0 bridgehead atoms. The number of carbonyl (C=O) groups excluding carboxylic acids is 3. The maximum absolute atomic E-state index is 14.5. The van der Waals surface area contributed by atoms with Crippen molar-refractivity contribution >= 4 is 23.6 Å². The minimum Gasteiger partial charge on any atom is -0.508 e. The first kappa shape index (κ1) is 35.4. The summed E-state index contributed by atoms with van der Waals surface area (Å²) in [6.07, 6.45) is 5.83. The number of aromatic hydroxyl groups is 1. The van der Waals surface area contributed by atoms with Crippen molar-refractivity contribution < 1.29 is 29.0 Å². The summed E-state index contributed by atoms with van der Waals surface area (Å²) in [5, 5.41) is 16.6. The van der Waals surface area contributed by atoms with Gasteiger partial charge in [0.25, 0.3) is 5.91 Å². The Bertz CT molecular complexity index is 1160. The van der Waals surface area contributed by atoms with Crippen LogP contribution in [0.2, 0.25) is 0 Å². The molecule has 0 aliphatic rings. The normalized spacial score (nSPS) is 13.4. The molecule has 2 aromatic carbocycles. The van der Waals surface area contributed by atoms with Crippen molar-refractivity contribution in [3.8, 4) is 11.5 Å². The third-order valence-corrected chi connectivity index (χ3v) is 7.34. The van der Waals surface area contributed by atoms with E-state index in [1.54, 1.807) is 70.3 Å². The Morgan fingerprint density at radius 3 is 2.14 bits per heavy atom. The van der Waals surface area contributed by atoms with E-state index in [2.05, 4.69) is 17.6 Å². The molecule has 3 atom stereocenters. The molecular formula is C34H51N3O6. The monoisotopic (exact) mass is 597 g/mol. The van der Waals surface area contributed by atoms with E-state index in [1.807, 2.05) is 13.8 Å². The zero-order valence-corrected chi connectivity index (χ0v) is 26.9. The number of carbonyl (C=O) groups is 3. The summed E-state index contributed by atoms with van der Waals surface area (Å²) in [5.41, 5.74) is 0.0682. The fraction of sp³-hybridized carbons (Fsp3) is 0.559. The number of amides is 3. The van der Waals surface area contributed by atoms with Crippen molar-refractivity contribution in [3.05, 3.63) is 54.1 Å². The second kappa shape index (κ2) is 17.4. The first-order valence-corrected chi connectivity index (χ1v) is 15.4. The van der Waals surface area contributed by atoms with Crippen LogP contribution in [0.15, 0.2) is 48.5 Å². The van der Waals surface area contributed by atoms with Gasteiger partial charge in [-0.3, -0.25) is 9.59 Å². The van der Waals surface area contributed by atoms with Gasteiger partial charge < -0.3 is 30.1 Å². The molecular weight excluding hydrogens is 546 g/mol. The maximum atomic E-state index is 14.5. The van der Waals surface area contributed by atoms with Crippen molar-refractivity contribution in [2.75, 3.05) is 19.0 Å². The topological polar surface area (TPSA) is 117 Å². The van der Waals surface area contributed by atoms with E-state index >= 15 is 0 Å². The maximum Gasteiger partial charge on any atom is 0.408 e. The molecule has 0 spiro atoms. The Labute approximate surface area is 257 Å². The van der Waals surface area contributed by atoms with Crippen LogP contribution in [0, 0.1) is 5.92 Å². The highest BCUT2D eigenvalue weighted by Crippen LogP contribution is 2.32. The summed E-state index contributed by atoms with van der Waals surface area (Å²) in [6, 6.07) is 11.3. The molecule has 238 valence electrons. The first-order valence-electron chi connectivity index (χ1n) is 15.4. The summed E-state index contributed by atoms with van der Waals surface area (Å²) < 4.78 is 10.7. The van der Waals surface area contributed by atoms with Gasteiger partial charge in [0.1, 0.15) is 29.2 Å². The molecule has 2 aromatic rings. The van der Waals surface area contributed by atoms with E-state index in [9.17, 15) is 19.5 Å². The molecule has 0 fully saturated rings. The molecule has 43 heavy (non-hydrogen) atoms. The zero-order chi connectivity index (χ0) is 32.0.